The summed E-state index contributed by atoms with van der Waals surface area (Å²) in [6.45, 7) is 2.30. The summed E-state index contributed by atoms with van der Waals surface area (Å²) in [6, 6.07) is 2.85. The molecule has 0 fully saturated rings. The highest BCUT2D eigenvalue weighted by atomic mass is 19.1. The van der Waals surface area contributed by atoms with E-state index in [1.54, 1.807) is 6.92 Å². The summed E-state index contributed by atoms with van der Waals surface area (Å²) in [7, 11) is 0. The van der Waals surface area contributed by atoms with Gasteiger partial charge in [0.25, 0.3) is 11.6 Å². The molecule has 104 valence electrons. The molecule has 0 aliphatic rings. The van der Waals surface area contributed by atoms with Gasteiger partial charge in [0, 0.05) is 19.7 Å². The number of carbonyl (C=O) groups is 1. The zero-order valence-electron chi connectivity index (χ0n) is 10.5. The number of rotatable bonds is 6. The Morgan fingerprint density at radius 1 is 1.53 bits per heavy atom. The SMILES string of the molecule is CCN(CCCO)C(=O)c1ccc(F)cc1[N+](=O)[O-]. The number of nitro benzene ring substituents is 1. The molecule has 0 radical (unpaired) electrons. The molecule has 0 saturated heterocycles. The number of carbonyl (C=O) groups excluding carboxylic acids is 1. The van der Waals surface area contributed by atoms with Gasteiger partial charge in [0.15, 0.2) is 0 Å². The predicted octanol–water partition coefficient (Wildman–Crippen LogP) is 1.58. The van der Waals surface area contributed by atoms with Crippen molar-refractivity contribution in [1.29, 1.82) is 0 Å². The van der Waals surface area contributed by atoms with E-state index in [2.05, 4.69) is 0 Å². The van der Waals surface area contributed by atoms with Crippen molar-refractivity contribution < 1.29 is 19.2 Å². The number of hydrogen-bond acceptors (Lipinski definition) is 4. The average molecular weight is 270 g/mol. The topological polar surface area (TPSA) is 83.7 Å². The highest BCUT2D eigenvalue weighted by molar-refractivity contribution is 5.98. The van der Waals surface area contributed by atoms with Gasteiger partial charge in [-0.05, 0) is 25.5 Å². The van der Waals surface area contributed by atoms with Crippen LogP contribution in [-0.4, -0.2) is 40.5 Å². The van der Waals surface area contributed by atoms with Crippen molar-refractivity contribution in [3.63, 3.8) is 0 Å². The van der Waals surface area contributed by atoms with E-state index in [0.717, 1.165) is 18.2 Å². The smallest absolute Gasteiger partial charge is 0.285 e. The summed E-state index contributed by atoms with van der Waals surface area (Å²) in [6.07, 6.45) is 0.384. The summed E-state index contributed by atoms with van der Waals surface area (Å²) in [5.41, 5.74) is -0.696. The molecule has 0 aliphatic heterocycles. The first-order valence-corrected chi connectivity index (χ1v) is 5.85. The molecule has 1 rings (SSSR count). The summed E-state index contributed by atoms with van der Waals surface area (Å²) in [4.78, 5) is 23.6. The van der Waals surface area contributed by atoms with Crippen LogP contribution in [0.3, 0.4) is 0 Å². The molecule has 1 aromatic rings. The average Bonchev–Trinajstić information content (AvgIpc) is 2.39. The van der Waals surface area contributed by atoms with Crippen LogP contribution >= 0.6 is 0 Å². The number of aliphatic hydroxyl groups excluding tert-OH is 1. The van der Waals surface area contributed by atoms with Crippen molar-refractivity contribution in [3.8, 4) is 0 Å². The van der Waals surface area contributed by atoms with E-state index in [-0.39, 0.29) is 12.2 Å². The van der Waals surface area contributed by atoms with Crippen molar-refractivity contribution in [3.05, 3.63) is 39.7 Å². The number of hydrogen-bond donors (Lipinski definition) is 1. The first kappa shape index (κ1) is 15.0. The monoisotopic (exact) mass is 270 g/mol. The first-order chi connectivity index (χ1) is 9.01. The third-order valence-electron chi connectivity index (χ3n) is 2.64. The van der Waals surface area contributed by atoms with E-state index in [4.69, 9.17) is 5.11 Å². The minimum Gasteiger partial charge on any atom is -0.396 e. The minimum atomic E-state index is -0.782. The summed E-state index contributed by atoms with van der Waals surface area (Å²) >= 11 is 0. The Bertz CT molecular complexity index is 479. The zero-order chi connectivity index (χ0) is 14.4. The molecule has 0 aromatic heterocycles. The lowest BCUT2D eigenvalue weighted by molar-refractivity contribution is -0.385. The van der Waals surface area contributed by atoms with Crippen LogP contribution in [0.1, 0.15) is 23.7 Å². The van der Waals surface area contributed by atoms with Gasteiger partial charge in [0.1, 0.15) is 11.4 Å². The fourth-order valence-corrected chi connectivity index (χ4v) is 1.67. The van der Waals surface area contributed by atoms with Gasteiger partial charge in [-0.1, -0.05) is 0 Å². The van der Waals surface area contributed by atoms with E-state index in [9.17, 15) is 19.3 Å². The van der Waals surface area contributed by atoms with Gasteiger partial charge in [0.2, 0.25) is 0 Å². The Hall–Kier alpha value is -2.02. The van der Waals surface area contributed by atoms with Crippen molar-refractivity contribution in [2.75, 3.05) is 19.7 Å². The number of amides is 1. The van der Waals surface area contributed by atoms with E-state index in [1.807, 2.05) is 0 Å². The van der Waals surface area contributed by atoms with Gasteiger partial charge in [-0.3, -0.25) is 14.9 Å². The molecule has 0 bridgehead atoms. The normalized spacial score (nSPS) is 10.3. The van der Waals surface area contributed by atoms with Gasteiger partial charge in [-0.2, -0.15) is 0 Å². The standard InChI is InChI=1S/C12H15FN2O4/c1-2-14(6-3-7-16)12(17)10-5-4-9(13)8-11(10)15(18)19/h4-5,8,16H,2-3,6-7H2,1H3. The number of benzene rings is 1. The molecule has 6 nitrogen and oxygen atoms in total. The van der Waals surface area contributed by atoms with Crippen LogP contribution in [0.25, 0.3) is 0 Å². The van der Waals surface area contributed by atoms with Crippen LogP contribution in [0, 0.1) is 15.9 Å². The molecule has 1 aromatic carbocycles. The first-order valence-electron chi connectivity index (χ1n) is 5.85. The van der Waals surface area contributed by atoms with Gasteiger partial charge < -0.3 is 10.0 Å². The van der Waals surface area contributed by atoms with Crippen molar-refractivity contribution in [1.82, 2.24) is 4.90 Å². The maximum absolute atomic E-state index is 13.0. The Morgan fingerprint density at radius 2 is 2.21 bits per heavy atom. The molecule has 0 aliphatic carbocycles. The Balaban J connectivity index is 3.07. The fourth-order valence-electron chi connectivity index (χ4n) is 1.67. The maximum atomic E-state index is 13.0. The molecule has 0 heterocycles. The molecule has 1 amide bonds. The molecule has 0 unspecified atom stereocenters. The molecular formula is C12H15FN2O4. The lowest BCUT2D eigenvalue weighted by atomic mass is 10.1. The highest BCUT2D eigenvalue weighted by Gasteiger charge is 2.24. The second-order valence-corrected chi connectivity index (χ2v) is 3.88. The lowest BCUT2D eigenvalue weighted by Crippen LogP contribution is -2.32. The third kappa shape index (κ3) is 3.72. The number of aliphatic hydroxyl groups is 1. The number of nitro groups is 1. The van der Waals surface area contributed by atoms with E-state index in [0.29, 0.717) is 19.5 Å². The van der Waals surface area contributed by atoms with Gasteiger partial charge >= 0.3 is 0 Å². The van der Waals surface area contributed by atoms with Crippen LogP contribution < -0.4 is 0 Å². The fraction of sp³-hybridized carbons (Fsp3) is 0.417. The van der Waals surface area contributed by atoms with Crippen LogP contribution in [0.15, 0.2) is 18.2 Å². The molecule has 7 heteroatoms. The third-order valence-corrected chi connectivity index (χ3v) is 2.64. The van der Waals surface area contributed by atoms with E-state index < -0.39 is 22.3 Å². The van der Waals surface area contributed by atoms with Crippen LogP contribution in [0.5, 0.6) is 0 Å². The molecule has 1 N–H and O–H groups in total. The largest absolute Gasteiger partial charge is 0.396 e. The quantitative estimate of drug-likeness (QED) is 0.628. The molecular weight excluding hydrogens is 255 g/mol. The molecule has 0 spiro atoms. The lowest BCUT2D eigenvalue weighted by Gasteiger charge is -2.20. The number of nitrogens with zero attached hydrogens (tertiary/aromatic N) is 2. The second kappa shape index (κ2) is 6.79. The van der Waals surface area contributed by atoms with Gasteiger partial charge in [0.05, 0.1) is 11.0 Å². The van der Waals surface area contributed by atoms with Crippen LogP contribution in [0.2, 0.25) is 0 Å². The van der Waals surface area contributed by atoms with E-state index in [1.165, 1.54) is 4.90 Å². The molecule has 19 heavy (non-hydrogen) atoms. The van der Waals surface area contributed by atoms with Crippen LogP contribution in [0.4, 0.5) is 10.1 Å². The predicted molar refractivity (Wildman–Crippen MR) is 66.3 cm³/mol. The van der Waals surface area contributed by atoms with Crippen molar-refractivity contribution >= 4 is 11.6 Å². The minimum absolute atomic E-state index is 0.0741. The highest BCUT2D eigenvalue weighted by Crippen LogP contribution is 2.21. The van der Waals surface area contributed by atoms with Gasteiger partial charge in [-0.25, -0.2) is 4.39 Å². The Labute approximate surface area is 109 Å². The molecule has 0 saturated carbocycles. The van der Waals surface area contributed by atoms with Crippen molar-refractivity contribution in [2.45, 2.75) is 13.3 Å². The zero-order valence-corrected chi connectivity index (χ0v) is 10.5. The summed E-state index contributed by atoms with van der Waals surface area (Å²) in [5.74, 6) is -1.30. The van der Waals surface area contributed by atoms with E-state index >= 15 is 0 Å². The Kier molecular flexibility index (Phi) is 5.37. The number of halogens is 1. The summed E-state index contributed by atoms with van der Waals surface area (Å²) < 4.78 is 13.0. The van der Waals surface area contributed by atoms with Crippen molar-refractivity contribution in [2.24, 2.45) is 0 Å². The summed E-state index contributed by atoms with van der Waals surface area (Å²) in [5, 5.41) is 19.6. The molecule has 0 atom stereocenters. The van der Waals surface area contributed by atoms with Crippen LogP contribution in [-0.2, 0) is 0 Å². The second-order valence-electron chi connectivity index (χ2n) is 3.88. The van der Waals surface area contributed by atoms with Gasteiger partial charge in [-0.15, -0.1) is 0 Å². The maximum Gasteiger partial charge on any atom is 0.285 e. The Morgan fingerprint density at radius 3 is 2.74 bits per heavy atom.